The molecule has 6 heteroatoms. The first-order valence-corrected chi connectivity index (χ1v) is 8.14. The lowest BCUT2D eigenvalue weighted by Crippen LogP contribution is -2.18. The molecule has 2 aromatic carbocycles. The molecule has 3 aromatic rings. The number of halogens is 3. The lowest BCUT2D eigenvalue weighted by atomic mass is 9.95. The third-order valence-corrected chi connectivity index (χ3v) is 3.81. The van der Waals surface area contributed by atoms with Crippen LogP contribution in [0.4, 0.5) is 13.2 Å². The van der Waals surface area contributed by atoms with Gasteiger partial charge in [-0.25, -0.2) is 15.0 Å². The number of rotatable bonds is 2. The first-order chi connectivity index (χ1) is 12.1. The van der Waals surface area contributed by atoms with Gasteiger partial charge in [0.15, 0.2) is 11.6 Å². The summed E-state index contributed by atoms with van der Waals surface area (Å²) in [7, 11) is 0. The molecule has 1 aromatic heterocycles. The largest absolute Gasteiger partial charge is 0.416 e. The molecular formula is C20H18F3N3. The van der Waals surface area contributed by atoms with Gasteiger partial charge in [-0.1, -0.05) is 63.2 Å². The van der Waals surface area contributed by atoms with Gasteiger partial charge in [-0.2, -0.15) is 13.2 Å². The predicted octanol–water partition coefficient (Wildman–Crippen LogP) is 5.52. The van der Waals surface area contributed by atoms with Gasteiger partial charge in [0.2, 0.25) is 0 Å². The highest BCUT2D eigenvalue weighted by Crippen LogP contribution is 2.31. The molecular weight excluding hydrogens is 339 g/mol. The molecule has 0 N–H and O–H groups in total. The molecule has 134 valence electrons. The first kappa shape index (κ1) is 18.0. The number of hydrogen-bond acceptors (Lipinski definition) is 3. The Balaban J connectivity index is 2.12. The second kappa shape index (κ2) is 6.52. The zero-order valence-electron chi connectivity index (χ0n) is 14.7. The van der Waals surface area contributed by atoms with Crippen LogP contribution in [0, 0.1) is 0 Å². The number of nitrogens with zero attached hydrogens (tertiary/aromatic N) is 3. The Kier molecular flexibility index (Phi) is 4.52. The molecule has 0 atom stereocenters. The van der Waals surface area contributed by atoms with Crippen molar-refractivity contribution in [3.05, 3.63) is 66.0 Å². The summed E-state index contributed by atoms with van der Waals surface area (Å²) in [5.74, 6) is 1.44. The van der Waals surface area contributed by atoms with Crippen molar-refractivity contribution in [3.63, 3.8) is 0 Å². The highest BCUT2D eigenvalue weighted by atomic mass is 19.4. The topological polar surface area (TPSA) is 38.7 Å². The zero-order valence-corrected chi connectivity index (χ0v) is 14.7. The summed E-state index contributed by atoms with van der Waals surface area (Å²) < 4.78 is 38.4. The van der Waals surface area contributed by atoms with Crippen LogP contribution in [0.3, 0.4) is 0 Å². The maximum atomic E-state index is 12.8. The van der Waals surface area contributed by atoms with Crippen LogP contribution in [-0.4, -0.2) is 15.0 Å². The zero-order chi connectivity index (χ0) is 18.9. The number of alkyl halides is 3. The van der Waals surface area contributed by atoms with Crippen LogP contribution in [0.15, 0.2) is 54.6 Å². The molecule has 1 heterocycles. The van der Waals surface area contributed by atoms with Crippen molar-refractivity contribution < 1.29 is 13.2 Å². The lowest BCUT2D eigenvalue weighted by molar-refractivity contribution is -0.137. The lowest BCUT2D eigenvalue weighted by Gasteiger charge is -2.18. The van der Waals surface area contributed by atoms with Crippen LogP contribution in [0.2, 0.25) is 0 Å². The van der Waals surface area contributed by atoms with E-state index in [9.17, 15) is 13.2 Å². The van der Waals surface area contributed by atoms with Gasteiger partial charge < -0.3 is 0 Å². The number of benzene rings is 2. The summed E-state index contributed by atoms with van der Waals surface area (Å²) in [5.41, 5.74) is 0.318. The third kappa shape index (κ3) is 3.90. The molecule has 0 aliphatic rings. The van der Waals surface area contributed by atoms with Crippen LogP contribution in [0.1, 0.15) is 32.2 Å². The second-order valence-electron chi connectivity index (χ2n) is 7.00. The van der Waals surface area contributed by atoms with Crippen LogP contribution in [0.5, 0.6) is 0 Å². The van der Waals surface area contributed by atoms with Gasteiger partial charge in [-0.05, 0) is 12.1 Å². The van der Waals surface area contributed by atoms with E-state index in [0.29, 0.717) is 23.0 Å². The molecule has 0 radical (unpaired) electrons. The maximum absolute atomic E-state index is 12.8. The minimum absolute atomic E-state index is 0.326. The van der Waals surface area contributed by atoms with Gasteiger partial charge in [0.1, 0.15) is 5.82 Å². The molecule has 26 heavy (non-hydrogen) atoms. The molecule has 0 saturated heterocycles. The molecule has 0 aliphatic heterocycles. The van der Waals surface area contributed by atoms with Crippen molar-refractivity contribution in [3.8, 4) is 22.8 Å². The van der Waals surface area contributed by atoms with Crippen molar-refractivity contribution >= 4 is 0 Å². The fourth-order valence-corrected chi connectivity index (χ4v) is 2.37. The Labute approximate surface area is 150 Å². The Bertz CT molecular complexity index is 896. The fraction of sp³-hybridized carbons (Fsp3) is 0.250. The quantitative estimate of drug-likeness (QED) is 0.606. The highest BCUT2D eigenvalue weighted by molar-refractivity contribution is 5.61. The maximum Gasteiger partial charge on any atom is 0.416 e. The Morgan fingerprint density at radius 1 is 0.654 bits per heavy atom. The van der Waals surface area contributed by atoms with Crippen molar-refractivity contribution in [2.75, 3.05) is 0 Å². The highest BCUT2D eigenvalue weighted by Gasteiger charge is 2.30. The molecule has 0 saturated carbocycles. The molecule has 3 nitrogen and oxygen atoms in total. The Morgan fingerprint density at radius 3 is 1.62 bits per heavy atom. The Hall–Kier alpha value is -2.76. The monoisotopic (exact) mass is 357 g/mol. The van der Waals surface area contributed by atoms with Crippen LogP contribution < -0.4 is 0 Å². The molecule has 3 rings (SSSR count). The van der Waals surface area contributed by atoms with E-state index in [4.69, 9.17) is 0 Å². The molecule has 0 amide bonds. The van der Waals surface area contributed by atoms with E-state index < -0.39 is 11.7 Å². The van der Waals surface area contributed by atoms with E-state index in [1.165, 1.54) is 12.1 Å². The van der Waals surface area contributed by atoms with Crippen molar-refractivity contribution in [2.45, 2.75) is 32.4 Å². The summed E-state index contributed by atoms with van der Waals surface area (Å²) in [6.45, 7) is 5.94. The smallest absolute Gasteiger partial charge is 0.212 e. The first-order valence-electron chi connectivity index (χ1n) is 8.14. The van der Waals surface area contributed by atoms with Crippen LogP contribution >= 0.6 is 0 Å². The average molecular weight is 357 g/mol. The van der Waals surface area contributed by atoms with E-state index in [1.807, 2.05) is 51.1 Å². The van der Waals surface area contributed by atoms with Gasteiger partial charge in [-0.3, -0.25) is 0 Å². The van der Waals surface area contributed by atoms with E-state index in [0.717, 1.165) is 17.7 Å². The van der Waals surface area contributed by atoms with Crippen molar-refractivity contribution in [1.29, 1.82) is 0 Å². The SMILES string of the molecule is CC(C)(C)c1nc(-c2ccccc2)nc(-c2ccc(C(F)(F)F)cc2)n1. The summed E-state index contributed by atoms with van der Waals surface area (Å²) >= 11 is 0. The minimum atomic E-state index is -4.37. The van der Waals surface area contributed by atoms with Crippen molar-refractivity contribution in [1.82, 2.24) is 15.0 Å². The summed E-state index contributed by atoms with van der Waals surface area (Å²) in [5, 5.41) is 0. The second-order valence-corrected chi connectivity index (χ2v) is 7.00. The predicted molar refractivity (Wildman–Crippen MR) is 94.4 cm³/mol. The van der Waals surface area contributed by atoms with E-state index in [1.54, 1.807) is 0 Å². The Morgan fingerprint density at radius 2 is 1.15 bits per heavy atom. The van der Waals surface area contributed by atoms with Crippen molar-refractivity contribution in [2.24, 2.45) is 0 Å². The summed E-state index contributed by atoms with van der Waals surface area (Å²) in [6.07, 6.45) is -4.37. The van der Waals surface area contributed by atoms with E-state index >= 15 is 0 Å². The van der Waals surface area contributed by atoms with Crippen LogP contribution in [0.25, 0.3) is 22.8 Å². The van der Waals surface area contributed by atoms with Gasteiger partial charge in [0.25, 0.3) is 0 Å². The minimum Gasteiger partial charge on any atom is -0.212 e. The molecule has 0 fully saturated rings. The molecule has 0 spiro atoms. The number of hydrogen-bond donors (Lipinski definition) is 0. The summed E-state index contributed by atoms with van der Waals surface area (Å²) in [6, 6.07) is 14.3. The third-order valence-electron chi connectivity index (χ3n) is 3.81. The van der Waals surface area contributed by atoms with E-state index in [-0.39, 0.29) is 5.41 Å². The van der Waals surface area contributed by atoms with Gasteiger partial charge in [0, 0.05) is 16.5 Å². The van der Waals surface area contributed by atoms with Gasteiger partial charge in [-0.15, -0.1) is 0 Å². The standard InChI is InChI=1S/C20H18F3N3/c1-19(2,3)18-25-16(13-7-5-4-6-8-13)24-17(26-18)14-9-11-15(12-10-14)20(21,22)23/h4-12H,1-3H3. The van der Waals surface area contributed by atoms with Gasteiger partial charge >= 0.3 is 6.18 Å². The molecule has 0 unspecified atom stereocenters. The van der Waals surface area contributed by atoms with Gasteiger partial charge in [0.05, 0.1) is 5.56 Å². The summed E-state index contributed by atoms with van der Waals surface area (Å²) in [4.78, 5) is 13.5. The fourth-order valence-electron chi connectivity index (χ4n) is 2.37. The normalized spacial score (nSPS) is 12.2. The van der Waals surface area contributed by atoms with E-state index in [2.05, 4.69) is 15.0 Å². The average Bonchev–Trinajstić information content (AvgIpc) is 2.61. The molecule has 0 aliphatic carbocycles. The van der Waals surface area contributed by atoms with Crippen LogP contribution in [-0.2, 0) is 11.6 Å². The molecule has 0 bridgehead atoms. The number of aromatic nitrogens is 3.